The zero-order valence-electron chi connectivity index (χ0n) is 33.3. The van der Waals surface area contributed by atoms with Crippen molar-refractivity contribution in [2.24, 2.45) is 0 Å². The average molecular weight is 800 g/mol. The summed E-state index contributed by atoms with van der Waals surface area (Å²) in [6.07, 6.45) is 0. The maximum Gasteiger partial charge on any atom is 0.339 e. The average Bonchev–Trinajstić information content (AvgIpc) is 3.30. The Labute approximate surface area is 352 Å². The Kier molecular flexibility index (Phi) is 12.1. The molecule has 294 valence electrons. The van der Waals surface area contributed by atoms with Gasteiger partial charge in [-0.2, -0.15) is 0 Å². The fourth-order valence-corrected chi connectivity index (χ4v) is 6.48. The van der Waals surface area contributed by atoms with E-state index in [2.05, 4.69) is 47.4 Å². The second-order valence-electron chi connectivity index (χ2n) is 13.2. The third-order valence-corrected chi connectivity index (χ3v) is 9.58. The maximum absolute atomic E-state index is 12.9. The molecule has 7 aromatic rings. The number of rotatable bonds is 5. The number of fused-ring (bicyclic) bond motifs is 2. The van der Waals surface area contributed by atoms with Crippen molar-refractivity contribution in [1.29, 1.82) is 0 Å². The molecular weight excluding hydrogens is 767 g/mol. The van der Waals surface area contributed by atoms with Gasteiger partial charge in [0.2, 0.25) is 0 Å². The van der Waals surface area contributed by atoms with E-state index in [1.807, 2.05) is 72.8 Å². The highest BCUT2D eigenvalue weighted by atomic mass is 16.6. The Balaban J connectivity index is 1.24. The lowest BCUT2D eigenvalue weighted by Gasteiger charge is -2.12. The summed E-state index contributed by atoms with van der Waals surface area (Å²) in [4.78, 5) is 36.2. The summed E-state index contributed by atoms with van der Waals surface area (Å²) in [6.45, 7) is 0. The molecule has 9 nitrogen and oxygen atoms in total. The zero-order chi connectivity index (χ0) is 42.9. The standard InChI is InChI=1S/C52H33NO8/c1-58-43-29-19-35(20-30-43)12-22-41-26-16-37(32-49(41)52(55)61-4)14-24-39-8-6-10-45-47(39)33-46-38(7-5-9-44(46)50(45)59-2)23-13-36-15-25-40(48(31-36)51(54)60-3)21-11-34-17-27-42(28-18-34)53(56)57/h5-10,15-20,25-33H,1-4H3. The van der Waals surface area contributed by atoms with Crippen LogP contribution in [0.3, 0.4) is 0 Å². The van der Waals surface area contributed by atoms with Crippen molar-refractivity contribution >= 4 is 39.2 Å². The molecule has 0 saturated heterocycles. The highest BCUT2D eigenvalue weighted by molar-refractivity contribution is 6.09. The topological polar surface area (TPSA) is 114 Å². The second kappa shape index (κ2) is 18.2. The van der Waals surface area contributed by atoms with Gasteiger partial charge >= 0.3 is 11.9 Å². The molecule has 0 aliphatic heterocycles. The molecule has 9 heteroatoms. The summed E-state index contributed by atoms with van der Waals surface area (Å²) in [5.74, 6) is 25.4. The summed E-state index contributed by atoms with van der Waals surface area (Å²) in [7, 11) is 5.84. The summed E-state index contributed by atoms with van der Waals surface area (Å²) in [5, 5.41) is 14.4. The molecule has 7 rings (SSSR count). The third-order valence-electron chi connectivity index (χ3n) is 9.58. The molecule has 0 fully saturated rings. The number of non-ortho nitro benzene ring substituents is 1. The minimum absolute atomic E-state index is 0.0429. The van der Waals surface area contributed by atoms with Gasteiger partial charge in [0.1, 0.15) is 11.5 Å². The van der Waals surface area contributed by atoms with Gasteiger partial charge in [-0.1, -0.05) is 71.6 Å². The van der Waals surface area contributed by atoms with Gasteiger partial charge in [-0.05, 0) is 91.0 Å². The largest absolute Gasteiger partial charge is 0.497 e. The second-order valence-corrected chi connectivity index (χ2v) is 13.2. The lowest BCUT2D eigenvalue weighted by atomic mass is 9.95. The molecule has 0 amide bonds. The van der Waals surface area contributed by atoms with Crippen LogP contribution in [0.1, 0.15) is 65.2 Å². The molecule has 0 saturated carbocycles. The molecule has 0 spiro atoms. The third kappa shape index (κ3) is 9.04. The van der Waals surface area contributed by atoms with Crippen LogP contribution in [-0.4, -0.2) is 45.3 Å². The lowest BCUT2D eigenvalue weighted by molar-refractivity contribution is -0.384. The maximum atomic E-state index is 12.9. The Morgan fingerprint density at radius 2 is 0.885 bits per heavy atom. The van der Waals surface area contributed by atoms with Crippen molar-refractivity contribution in [2.45, 2.75) is 0 Å². The van der Waals surface area contributed by atoms with Crippen molar-refractivity contribution in [3.8, 4) is 58.9 Å². The molecule has 0 aliphatic rings. The van der Waals surface area contributed by atoms with Crippen molar-refractivity contribution < 1.29 is 33.5 Å². The smallest absolute Gasteiger partial charge is 0.339 e. The number of methoxy groups -OCH3 is 4. The van der Waals surface area contributed by atoms with E-state index in [4.69, 9.17) is 18.9 Å². The molecule has 0 bridgehead atoms. The highest BCUT2D eigenvalue weighted by Gasteiger charge is 2.15. The van der Waals surface area contributed by atoms with Gasteiger partial charge in [0.15, 0.2) is 0 Å². The minimum atomic E-state index is -0.581. The Bertz CT molecular complexity index is 3160. The van der Waals surface area contributed by atoms with Crippen LogP contribution in [0.15, 0.2) is 127 Å². The fourth-order valence-electron chi connectivity index (χ4n) is 6.48. The van der Waals surface area contributed by atoms with Crippen molar-refractivity contribution in [3.63, 3.8) is 0 Å². The molecule has 0 aliphatic carbocycles. The molecule has 0 atom stereocenters. The SMILES string of the molecule is COC(=O)c1cc(C#Cc2cccc3c(OC)c4cccc(C#Cc5ccc(C#Cc6ccc([N+](=O)[O-])cc6)c(C(=O)OC)c5)c4cc23)ccc1C#Cc1ccc(OC)cc1. The molecule has 61 heavy (non-hydrogen) atoms. The first-order valence-electron chi connectivity index (χ1n) is 18.6. The molecule has 7 aromatic carbocycles. The van der Waals surface area contributed by atoms with Gasteiger partial charge in [0, 0.05) is 78.2 Å². The minimum Gasteiger partial charge on any atom is -0.497 e. The van der Waals surface area contributed by atoms with E-state index in [1.165, 1.54) is 26.4 Å². The summed E-state index contributed by atoms with van der Waals surface area (Å²) in [6, 6.07) is 37.1. The van der Waals surface area contributed by atoms with Crippen molar-refractivity contribution in [1.82, 2.24) is 0 Å². The summed E-state index contributed by atoms with van der Waals surface area (Å²) >= 11 is 0. The summed E-state index contributed by atoms with van der Waals surface area (Å²) < 4.78 is 21.3. The van der Waals surface area contributed by atoms with Gasteiger partial charge < -0.3 is 18.9 Å². The van der Waals surface area contributed by atoms with Crippen molar-refractivity contribution in [2.75, 3.05) is 28.4 Å². The number of esters is 2. The predicted molar refractivity (Wildman–Crippen MR) is 234 cm³/mol. The Morgan fingerprint density at radius 3 is 1.31 bits per heavy atom. The number of carbonyl (C=O) groups is 2. The molecule has 0 unspecified atom stereocenters. The number of hydrogen-bond donors (Lipinski definition) is 0. The molecule has 0 heterocycles. The Morgan fingerprint density at radius 1 is 0.459 bits per heavy atom. The van der Waals surface area contributed by atoms with Gasteiger partial charge in [-0.3, -0.25) is 10.1 Å². The molecular formula is C52H33NO8. The van der Waals surface area contributed by atoms with Crippen LogP contribution >= 0.6 is 0 Å². The van der Waals surface area contributed by atoms with Crippen LogP contribution in [0.5, 0.6) is 11.5 Å². The number of benzene rings is 7. The van der Waals surface area contributed by atoms with Crippen LogP contribution in [0.4, 0.5) is 5.69 Å². The van der Waals surface area contributed by atoms with Crippen LogP contribution in [0.25, 0.3) is 21.5 Å². The van der Waals surface area contributed by atoms with Gasteiger partial charge in [-0.15, -0.1) is 0 Å². The van der Waals surface area contributed by atoms with Crippen LogP contribution in [0, 0.1) is 57.5 Å². The van der Waals surface area contributed by atoms with E-state index in [0.717, 1.165) is 44.0 Å². The predicted octanol–water partition coefficient (Wildman–Crippen LogP) is 9.09. The molecule has 0 aromatic heterocycles. The van der Waals surface area contributed by atoms with E-state index >= 15 is 0 Å². The number of ether oxygens (including phenoxy) is 4. The lowest BCUT2D eigenvalue weighted by Crippen LogP contribution is -2.04. The van der Waals surface area contributed by atoms with Crippen LogP contribution in [0.2, 0.25) is 0 Å². The molecule has 0 N–H and O–H groups in total. The van der Waals surface area contributed by atoms with Gasteiger partial charge in [0.25, 0.3) is 5.69 Å². The van der Waals surface area contributed by atoms with E-state index in [-0.39, 0.29) is 11.3 Å². The van der Waals surface area contributed by atoms with Gasteiger partial charge in [0.05, 0.1) is 44.5 Å². The first-order chi connectivity index (χ1) is 29.7. The molecule has 0 radical (unpaired) electrons. The first-order valence-corrected chi connectivity index (χ1v) is 18.6. The number of carbonyl (C=O) groups excluding carboxylic acids is 2. The highest BCUT2D eigenvalue weighted by Crippen LogP contribution is 2.37. The zero-order valence-corrected chi connectivity index (χ0v) is 33.3. The summed E-state index contributed by atoms with van der Waals surface area (Å²) in [5.41, 5.74) is 5.33. The van der Waals surface area contributed by atoms with Gasteiger partial charge in [-0.25, -0.2) is 9.59 Å². The van der Waals surface area contributed by atoms with Crippen LogP contribution < -0.4 is 9.47 Å². The van der Waals surface area contributed by atoms with Crippen molar-refractivity contribution in [3.05, 3.63) is 193 Å². The number of nitro groups is 1. The van der Waals surface area contributed by atoms with E-state index < -0.39 is 16.9 Å². The van der Waals surface area contributed by atoms with Crippen LogP contribution in [-0.2, 0) is 9.47 Å². The first kappa shape index (κ1) is 40.4. The van der Waals surface area contributed by atoms with E-state index in [1.54, 1.807) is 56.7 Å². The van der Waals surface area contributed by atoms with E-state index in [0.29, 0.717) is 39.1 Å². The monoisotopic (exact) mass is 799 g/mol. The number of hydrogen-bond acceptors (Lipinski definition) is 8. The number of nitrogens with zero attached hydrogens (tertiary/aromatic N) is 1. The van der Waals surface area contributed by atoms with E-state index in [9.17, 15) is 19.7 Å². The quantitative estimate of drug-likeness (QED) is 0.0557. The number of nitro benzene ring substituents is 1. The Hall–Kier alpha value is -8.76. The fraction of sp³-hybridized carbons (Fsp3) is 0.0769. The normalized spacial score (nSPS) is 10.0.